The van der Waals surface area contributed by atoms with E-state index in [1.165, 1.54) is 12.1 Å². The van der Waals surface area contributed by atoms with Crippen molar-refractivity contribution in [3.05, 3.63) is 54.2 Å². The molecular weight excluding hydrogens is 297 g/mol. The van der Waals surface area contributed by atoms with E-state index in [1.54, 1.807) is 30.5 Å². The number of nitrogens with zero attached hydrogens (tertiary/aromatic N) is 2. The molecule has 6 heteroatoms. The number of carbonyl (C=O) groups excluding carboxylic acids is 1. The van der Waals surface area contributed by atoms with Gasteiger partial charge in [-0.1, -0.05) is 0 Å². The van der Waals surface area contributed by atoms with Gasteiger partial charge in [0.25, 0.3) is 5.91 Å². The molecule has 5 nitrogen and oxygen atoms in total. The van der Waals surface area contributed by atoms with Crippen LogP contribution in [-0.2, 0) is 0 Å². The fourth-order valence-corrected chi connectivity index (χ4v) is 2.95. The van der Waals surface area contributed by atoms with Gasteiger partial charge in [-0.15, -0.1) is 0 Å². The highest BCUT2D eigenvalue weighted by Gasteiger charge is 2.23. The van der Waals surface area contributed by atoms with Gasteiger partial charge in [0.05, 0.1) is 11.8 Å². The molecule has 0 radical (unpaired) electrons. The molecule has 4 rings (SSSR count). The lowest BCUT2D eigenvalue weighted by Crippen LogP contribution is -2.48. The van der Waals surface area contributed by atoms with E-state index >= 15 is 0 Å². The Kier molecular flexibility index (Phi) is 3.29. The maximum atomic E-state index is 13.0. The number of hydrogen-bond acceptors (Lipinski definition) is 3. The molecule has 0 spiro atoms. The van der Waals surface area contributed by atoms with Crippen LogP contribution in [0.15, 0.2) is 47.1 Å². The Labute approximate surface area is 132 Å². The minimum atomic E-state index is -0.237. The summed E-state index contributed by atoms with van der Waals surface area (Å²) in [7, 11) is 0. The van der Waals surface area contributed by atoms with Crippen LogP contribution in [0.1, 0.15) is 10.5 Å². The quantitative estimate of drug-likeness (QED) is 0.791. The summed E-state index contributed by atoms with van der Waals surface area (Å²) >= 11 is 0. The van der Waals surface area contributed by atoms with Gasteiger partial charge in [0, 0.05) is 44.0 Å². The van der Waals surface area contributed by atoms with Gasteiger partial charge in [-0.3, -0.25) is 4.79 Å². The summed E-state index contributed by atoms with van der Waals surface area (Å²) in [4.78, 5) is 19.6. The number of halogens is 1. The predicted molar refractivity (Wildman–Crippen MR) is 85.1 cm³/mol. The van der Waals surface area contributed by atoms with Gasteiger partial charge in [0.2, 0.25) is 0 Å². The topological polar surface area (TPSA) is 52.5 Å². The van der Waals surface area contributed by atoms with Gasteiger partial charge in [-0.2, -0.15) is 0 Å². The summed E-state index contributed by atoms with van der Waals surface area (Å²) < 4.78 is 18.3. The van der Waals surface area contributed by atoms with Crippen molar-refractivity contribution in [1.82, 2.24) is 9.88 Å². The van der Waals surface area contributed by atoms with Crippen molar-refractivity contribution in [2.45, 2.75) is 0 Å². The zero-order valence-corrected chi connectivity index (χ0v) is 12.5. The third kappa shape index (κ3) is 2.56. The Morgan fingerprint density at radius 2 is 1.83 bits per heavy atom. The molecule has 2 aromatic heterocycles. The lowest BCUT2D eigenvalue weighted by molar-refractivity contribution is 0.0742. The Morgan fingerprint density at radius 3 is 2.52 bits per heavy atom. The minimum Gasteiger partial charge on any atom is -0.463 e. The van der Waals surface area contributed by atoms with Crippen LogP contribution < -0.4 is 4.90 Å². The predicted octanol–water partition coefficient (Wildman–Crippen LogP) is 2.86. The maximum absolute atomic E-state index is 13.0. The molecule has 23 heavy (non-hydrogen) atoms. The van der Waals surface area contributed by atoms with Gasteiger partial charge in [0.1, 0.15) is 11.5 Å². The van der Waals surface area contributed by atoms with Crippen molar-refractivity contribution in [3.63, 3.8) is 0 Å². The second-order valence-electron chi connectivity index (χ2n) is 5.64. The molecule has 1 aliphatic rings. The Hall–Kier alpha value is -2.76. The number of rotatable bonds is 2. The summed E-state index contributed by atoms with van der Waals surface area (Å²) in [5.41, 5.74) is 3.06. The maximum Gasteiger partial charge on any atom is 0.270 e. The van der Waals surface area contributed by atoms with E-state index in [0.717, 1.165) is 24.3 Å². The van der Waals surface area contributed by atoms with Crippen LogP contribution in [0.4, 0.5) is 10.1 Å². The van der Waals surface area contributed by atoms with Crippen LogP contribution in [0.5, 0.6) is 0 Å². The number of aromatic nitrogens is 1. The number of hydrogen-bond donors (Lipinski definition) is 1. The average Bonchev–Trinajstić information content (AvgIpc) is 3.17. The number of carbonyl (C=O) groups is 1. The molecule has 0 unspecified atom stereocenters. The van der Waals surface area contributed by atoms with E-state index < -0.39 is 0 Å². The molecule has 3 aromatic rings. The molecule has 0 aliphatic carbocycles. The van der Waals surface area contributed by atoms with Gasteiger partial charge in [-0.25, -0.2) is 4.39 Å². The van der Waals surface area contributed by atoms with Gasteiger partial charge in [-0.05, 0) is 24.3 Å². The van der Waals surface area contributed by atoms with Crippen molar-refractivity contribution >= 4 is 22.7 Å². The van der Waals surface area contributed by atoms with Crippen molar-refractivity contribution in [2.75, 3.05) is 31.1 Å². The van der Waals surface area contributed by atoms with E-state index in [-0.39, 0.29) is 11.7 Å². The highest BCUT2D eigenvalue weighted by Crippen LogP contribution is 2.20. The number of nitrogens with one attached hydrogen (secondary N) is 1. The molecule has 0 saturated carbocycles. The first kappa shape index (κ1) is 13.9. The van der Waals surface area contributed by atoms with E-state index in [2.05, 4.69) is 9.88 Å². The molecule has 0 atom stereocenters. The van der Waals surface area contributed by atoms with E-state index in [0.29, 0.717) is 24.4 Å². The average molecular weight is 313 g/mol. The number of H-pyrrole nitrogens is 1. The Morgan fingerprint density at radius 1 is 1.09 bits per heavy atom. The van der Waals surface area contributed by atoms with Crippen LogP contribution in [0.3, 0.4) is 0 Å². The summed E-state index contributed by atoms with van der Waals surface area (Å²) in [5.74, 6) is -0.256. The highest BCUT2D eigenvalue weighted by molar-refractivity contribution is 5.96. The normalized spacial score (nSPS) is 15.3. The molecule has 1 amide bonds. The molecule has 0 bridgehead atoms. The highest BCUT2D eigenvalue weighted by atomic mass is 19.1. The smallest absolute Gasteiger partial charge is 0.270 e. The van der Waals surface area contributed by atoms with E-state index in [9.17, 15) is 9.18 Å². The summed E-state index contributed by atoms with van der Waals surface area (Å²) in [5, 5.41) is 0. The molecular formula is C17H16FN3O2. The SMILES string of the molecule is O=C(c1cc2occc2[nH]1)N1CCN(c2ccc(F)cc2)CC1. The zero-order chi connectivity index (χ0) is 15.8. The number of fused-ring (bicyclic) bond motifs is 1. The standard InChI is InChI=1S/C17H16FN3O2/c18-12-1-3-13(4-2-12)20-6-8-21(9-7-20)17(22)15-11-16-14(19-15)5-10-23-16/h1-5,10-11,19H,6-9H2. The number of furan rings is 1. The second-order valence-corrected chi connectivity index (χ2v) is 5.64. The molecule has 1 N–H and O–H groups in total. The lowest BCUT2D eigenvalue weighted by Gasteiger charge is -2.36. The summed E-state index contributed by atoms with van der Waals surface area (Å²) in [6.07, 6.45) is 1.59. The third-order valence-electron chi connectivity index (χ3n) is 4.23. The van der Waals surface area contributed by atoms with Gasteiger partial charge >= 0.3 is 0 Å². The molecule has 3 heterocycles. The van der Waals surface area contributed by atoms with Crippen LogP contribution >= 0.6 is 0 Å². The largest absolute Gasteiger partial charge is 0.463 e. The van der Waals surface area contributed by atoms with E-state index in [1.807, 2.05) is 4.90 Å². The zero-order valence-electron chi connectivity index (χ0n) is 12.5. The number of benzene rings is 1. The second kappa shape index (κ2) is 5.46. The molecule has 1 saturated heterocycles. The van der Waals surface area contributed by atoms with Gasteiger partial charge in [0.15, 0.2) is 5.58 Å². The first-order valence-electron chi connectivity index (χ1n) is 7.57. The molecule has 1 aliphatic heterocycles. The minimum absolute atomic E-state index is 0.0184. The van der Waals surface area contributed by atoms with E-state index in [4.69, 9.17) is 4.42 Å². The third-order valence-corrected chi connectivity index (χ3v) is 4.23. The first-order chi connectivity index (χ1) is 11.2. The Balaban J connectivity index is 1.43. The van der Waals surface area contributed by atoms with Crippen molar-refractivity contribution in [3.8, 4) is 0 Å². The first-order valence-corrected chi connectivity index (χ1v) is 7.57. The van der Waals surface area contributed by atoms with Crippen molar-refractivity contribution in [1.29, 1.82) is 0 Å². The fraction of sp³-hybridized carbons (Fsp3) is 0.235. The molecule has 118 valence electrons. The van der Waals surface area contributed by atoms with Crippen molar-refractivity contribution in [2.24, 2.45) is 0 Å². The Bertz CT molecular complexity index is 801. The molecule has 1 aromatic carbocycles. The van der Waals surface area contributed by atoms with Crippen LogP contribution in [-0.4, -0.2) is 42.0 Å². The number of anilines is 1. The number of piperazine rings is 1. The number of amides is 1. The summed E-state index contributed by atoms with van der Waals surface area (Å²) in [6, 6.07) is 10.0. The molecule has 1 fully saturated rings. The van der Waals surface area contributed by atoms with Crippen molar-refractivity contribution < 1.29 is 13.6 Å². The summed E-state index contributed by atoms with van der Waals surface area (Å²) in [6.45, 7) is 2.73. The monoisotopic (exact) mass is 313 g/mol. The fourth-order valence-electron chi connectivity index (χ4n) is 2.95. The van der Waals surface area contributed by atoms with Crippen LogP contribution in [0.2, 0.25) is 0 Å². The van der Waals surface area contributed by atoms with Crippen LogP contribution in [0.25, 0.3) is 11.1 Å². The van der Waals surface area contributed by atoms with Crippen LogP contribution in [0, 0.1) is 5.82 Å². The lowest BCUT2D eigenvalue weighted by atomic mass is 10.2. The van der Waals surface area contributed by atoms with Gasteiger partial charge < -0.3 is 19.2 Å². The number of aromatic amines is 1.